The molecule has 0 aromatic heterocycles. The van der Waals surface area contributed by atoms with Gasteiger partial charge in [0, 0.05) is 26.4 Å². The Bertz CT molecular complexity index is 975. The molecule has 0 bridgehead atoms. The molecule has 0 aliphatic heterocycles. The Labute approximate surface area is 355 Å². The lowest BCUT2D eigenvalue weighted by Crippen LogP contribution is -2.52. The Morgan fingerprint density at radius 1 is 0.321 bits per heavy atom. The van der Waals surface area contributed by atoms with E-state index in [2.05, 4.69) is 131 Å². The monoisotopic (exact) mass is 935 g/mol. The van der Waals surface area contributed by atoms with Crippen LogP contribution in [0.5, 0.6) is 0 Å². The highest BCUT2D eigenvalue weighted by atomic mass is 28.4. The van der Waals surface area contributed by atoms with Gasteiger partial charge in [-0.1, -0.05) is 0 Å². The van der Waals surface area contributed by atoms with Gasteiger partial charge in [-0.2, -0.15) is 0 Å². The highest BCUT2D eigenvalue weighted by Crippen LogP contribution is 2.26. The molecule has 338 valence electrons. The molecular formula is C38H94O10Si8. The van der Waals surface area contributed by atoms with Crippen molar-refractivity contribution in [1.29, 1.82) is 0 Å². The fourth-order valence-electron chi connectivity index (χ4n) is 7.75. The van der Waals surface area contributed by atoms with Crippen molar-refractivity contribution in [2.45, 2.75) is 205 Å². The van der Waals surface area contributed by atoms with Crippen molar-refractivity contribution in [3.8, 4) is 0 Å². The van der Waals surface area contributed by atoms with Crippen LogP contribution in [0.3, 0.4) is 0 Å². The number of aliphatic hydroxyl groups is 2. The zero-order valence-electron chi connectivity index (χ0n) is 40.4. The van der Waals surface area contributed by atoms with Crippen LogP contribution in [-0.2, 0) is 35.4 Å². The van der Waals surface area contributed by atoms with Gasteiger partial charge in [0.15, 0.2) is 66.5 Å². The molecule has 0 amide bonds. The van der Waals surface area contributed by atoms with Gasteiger partial charge < -0.3 is 45.6 Å². The van der Waals surface area contributed by atoms with E-state index < -0.39 is 91.0 Å². The molecular weight excluding hydrogens is 841 g/mol. The lowest BCUT2D eigenvalue weighted by atomic mass is 10.0. The molecule has 56 heavy (non-hydrogen) atoms. The summed E-state index contributed by atoms with van der Waals surface area (Å²) in [6, 6.07) is 3.88. The van der Waals surface area contributed by atoms with E-state index in [4.69, 9.17) is 35.4 Å². The molecule has 0 aromatic carbocycles. The summed E-state index contributed by atoms with van der Waals surface area (Å²) in [5.41, 5.74) is 0. The zero-order valence-corrected chi connectivity index (χ0v) is 48.4. The van der Waals surface area contributed by atoms with Crippen LogP contribution in [0.4, 0.5) is 0 Å². The molecule has 0 aliphatic rings. The first-order valence-electron chi connectivity index (χ1n) is 21.6. The number of aliphatic hydroxyl groups excluding tert-OH is 2. The van der Waals surface area contributed by atoms with E-state index in [-0.39, 0.29) is 13.2 Å². The smallest absolute Gasteiger partial charge is 0.173 e. The summed E-state index contributed by atoms with van der Waals surface area (Å²) in [6.07, 6.45) is 0.732. The van der Waals surface area contributed by atoms with E-state index in [1.807, 2.05) is 0 Å². The lowest BCUT2D eigenvalue weighted by Gasteiger charge is -2.37. The van der Waals surface area contributed by atoms with Crippen LogP contribution in [0.25, 0.3) is 0 Å². The quantitative estimate of drug-likeness (QED) is 0.0487. The average molecular weight is 936 g/mol. The van der Waals surface area contributed by atoms with Crippen LogP contribution in [0.1, 0.15) is 25.7 Å². The Morgan fingerprint density at radius 2 is 0.518 bits per heavy atom. The molecule has 0 saturated heterocycles. The van der Waals surface area contributed by atoms with E-state index in [1.54, 1.807) is 0 Å². The van der Waals surface area contributed by atoms with Crippen LogP contribution >= 0.6 is 0 Å². The van der Waals surface area contributed by atoms with Crippen molar-refractivity contribution in [1.82, 2.24) is 0 Å². The van der Waals surface area contributed by atoms with Gasteiger partial charge in [-0.05, 0) is 181 Å². The molecule has 0 aromatic rings. The molecule has 10 nitrogen and oxygen atoms in total. The third kappa shape index (κ3) is 30.4. The van der Waals surface area contributed by atoms with E-state index in [0.717, 1.165) is 49.9 Å². The normalized spacial score (nSPS) is 16.6. The van der Waals surface area contributed by atoms with Crippen molar-refractivity contribution in [2.24, 2.45) is 0 Å². The van der Waals surface area contributed by atoms with Crippen LogP contribution in [-0.4, -0.2) is 141 Å². The van der Waals surface area contributed by atoms with Gasteiger partial charge in [0.05, 0.1) is 13.2 Å². The molecule has 18 heteroatoms. The first-order valence-corrected chi connectivity index (χ1v) is 47.7. The largest absolute Gasteiger partial charge is 0.456 e. The molecule has 0 aliphatic carbocycles. The second-order valence-corrected chi connectivity index (χ2v) is 58.4. The van der Waals surface area contributed by atoms with Crippen molar-refractivity contribution in [2.75, 3.05) is 39.6 Å². The van der Waals surface area contributed by atoms with Crippen LogP contribution < -0.4 is 0 Å². The zero-order chi connectivity index (χ0) is 43.9. The molecule has 4 atom stereocenters. The van der Waals surface area contributed by atoms with Crippen molar-refractivity contribution < 1.29 is 45.6 Å². The Balaban J connectivity index is 6.38. The van der Waals surface area contributed by atoms with Crippen LogP contribution in [0, 0.1) is 0 Å². The standard InChI is InChI=1S/C38H94O10Si8/c1-49(2,3)45-53(13,14)29-21-25-41-35(33-39)37(43-27-23-31-55(17,18)47-51(7,8)9)38(44-28-24-32-56(19,20)48-52(10,11)12)36(34-40)42-26-22-30-54(15,16)46-50(4,5)6/h35-40H,21-34H2,1-20H3/t35-,36+,37+,38-. The van der Waals surface area contributed by atoms with Gasteiger partial charge in [0.2, 0.25) is 0 Å². The van der Waals surface area contributed by atoms with Gasteiger partial charge >= 0.3 is 0 Å². The highest BCUT2D eigenvalue weighted by molar-refractivity contribution is 6.86. The molecule has 0 fully saturated rings. The SMILES string of the molecule is C[Si](C)(C)O[Si](C)(C)CCCO[C@H]([C@H](OCCC[Si](C)(C)O[Si](C)(C)C)[C@H](CO)OCCC[Si](C)(C)O[Si](C)(C)C)[C@@H](CO)OCCC[Si](C)(C)O[Si](C)(C)C. The second kappa shape index (κ2) is 24.8. The number of hydrogen-bond acceptors (Lipinski definition) is 10. The number of hydrogen-bond donors (Lipinski definition) is 2. The Kier molecular flexibility index (Phi) is 25.4. The summed E-state index contributed by atoms with van der Waals surface area (Å²) in [7, 11) is -14.1. The molecule has 0 heterocycles. The van der Waals surface area contributed by atoms with Gasteiger partial charge in [0.1, 0.15) is 24.4 Å². The molecule has 0 saturated carbocycles. The molecule has 0 rings (SSSR count). The second-order valence-electron chi connectivity index (χ2n) is 22.2. The van der Waals surface area contributed by atoms with E-state index in [0.29, 0.717) is 26.4 Å². The summed E-state index contributed by atoms with van der Waals surface area (Å²) in [6.45, 7) is 46.7. The van der Waals surface area contributed by atoms with E-state index >= 15 is 0 Å². The maximum absolute atomic E-state index is 10.9. The minimum Gasteiger partial charge on any atom is -0.456 e. The van der Waals surface area contributed by atoms with Gasteiger partial charge in [-0.3, -0.25) is 0 Å². The lowest BCUT2D eigenvalue weighted by molar-refractivity contribution is -0.191. The Morgan fingerprint density at radius 3 is 0.696 bits per heavy atom. The summed E-state index contributed by atoms with van der Waals surface area (Å²) in [5, 5.41) is 21.8. The van der Waals surface area contributed by atoms with Gasteiger partial charge in [0.25, 0.3) is 0 Å². The maximum atomic E-state index is 10.9. The minimum absolute atomic E-state index is 0.230. The molecule has 2 N–H and O–H groups in total. The van der Waals surface area contributed by atoms with Crippen molar-refractivity contribution in [3.05, 3.63) is 0 Å². The first kappa shape index (κ1) is 57.3. The minimum atomic E-state index is -1.89. The third-order valence-corrected chi connectivity index (χ3v) is 33.6. The van der Waals surface area contributed by atoms with Crippen LogP contribution in [0.2, 0.25) is 155 Å². The molecule has 0 unspecified atom stereocenters. The predicted molar refractivity (Wildman–Crippen MR) is 258 cm³/mol. The van der Waals surface area contributed by atoms with Gasteiger partial charge in [-0.25, -0.2) is 0 Å². The van der Waals surface area contributed by atoms with E-state index in [1.165, 1.54) is 0 Å². The summed E-state index contributed by atoms with van der Waals surface area (Å²) in [5.74, 6) is 0. The summed E-state index contributed by atoms with van der Waals surface area (Å²) < 4.78 is 52.9. The molecule has 0 spiro atoms. The topological polar surface area (TPSA) is 114 Å². The summed E-state index contributed by atoms with van der Waals surface area (Å²) in [4.78, 5) is 0. The maximum Gasteiger partial charge on any atom is 0.173 e. The van der Waals surface area contributed by atoms with Gasteiger partial charge in [-0.15, -0.1) is 0 Å². The first-order chi connectivity index (χ1) is 25.1. The third-order valence-electron chi connectivity index (χ3n) is 8.72. The fraction of sp³-hybridized carbons (Fsp3) is 1.00. The Hall–Kier alpha value is 1.34. The van der Waals surface area contributed by atoms with Crippen molar-refractivity contribution in [3.63, 3.8) is 0 Å². The molecule has 0 radical (unpaired) electrons. The highest BCUT2D eigenvalue weighted by Gasteiger charge is 2.39. The average Bonchev–Trinajstić information content (AvgIpc) is 2.93. The number of ether oxygens (including phenoxy) is 4. The predicted octanol–water partition coefficient (Wildman–Crippen LogP) is 10.3. The number of rotatable bonds is 33. The van der Waals surface area contributed by atoms with Crippen molar-refractivity contribution >= 4 is 66.5 Å². The van der Waals surface area contributed by atoms with E-state index in [9.17, 15) is 10.2 Å². The fourth-order valence-corrected chi connectivity index (χ4v) is 39.9. The summed E-state index contributed by atoms with van der Waals surface area (Å²) >= 11 is 0. The van der Waals surface area contributed by atoms with Crippen LogP contribution in [0.15, 0.2) is 0 Å².